The maximum absolute atomic E-state index is 13.1. The van der Waals surface area contributed by atoms with E-state index < -0.39 is 47.5 Å². The molecule has 3 aliphatic rings. The molecular formula is C44H71N3O11. The molecule has 3 aliphatic heterocycles. The van der Waals surface area contributed by atoms with E-state index in [0.29, 0.717) is 32.4 Å². The Hall–Kier alpha value is -3.40. The fourth-order valence-electron chi connectivity index (χ4n) is 7.77. The first-order valence-electron chi connectivity index (χ1n) is 21.0. The summed E-state index contributed by atoms with van der Waals surface area (Å²) in [6.45, 7) is 13.4. The van der Waals surface area contributed by atoms with Gasteiger partial charge in [-0.05, 0) is 72.0 Å². The highest BCUT2D eigenvalue weighted by molar-refractivity contribution is 6.12. The molecule has 328 valence electrons. The molecule has 0 aromatic carbocycles. The van der Waals surface area contributed by atoms with Crippen molar-refractivity contribution in [1.29, 1.82) is 0 Å². The van der Waals surface area contributed by atoms with Crippen LogP contribution in [-0.4, -0.2) is 148 Å². The number of hydrogen-bond donors (Lipinski definition) is 4. The highest BCUT2D eigenvalue weighted by Crippen LogP contribution is 2.38. The fourth-order valence-corrected chi connectivity index (χ4v) is 7.77. The van der Waals surface area contributed by atoms with Crippen molar-refractivity contribution >= 4 is 23.9 Å². The van der Waals surface area contributed by atoms with Crippen LogP contribution in [0.3, 0.4) is 0 Å². The molecule has 0 aliphatic carbocycles. The number of imide groups is 1. The number of carboxylic acid groups (broad SMARTS) is 1. The SMILES string of the molecule is CCC(O)C(C)[C@H]1O[C@@H]1CC(C)(O)/C=C/C=C(\C)[C@H]1OC(=O)C[C@H](O)CC[C@@](C)(OC)[C@H](CN(CCN(C)CCCCCCN2C(=O)C=CC2=O)C(=O)O)/C=C/[C@@H]1C. The number of carbonyl (C=O) groups is 4. The van der Waals surface area contributed by atoms with Crippen LogP contribution in [0.4, 0.5) is 4.79 Å². The second-order valence-corrected chi connectivity index (χ2v) is 17.1. The number of hydrogen-bond acceptors (Lipinski definition) is 11. The third-order valence-electron chi connectivity index (χ3n) is 12.1. The number of cyclic esters (lactones) is 1. The Kier molecular flexibility index (Phi) is 19.3. The molecule has 0 bridgehead atoms. The van der Waals surface area contributed by atoms with E-state index in [0.717, 1.165) is 37.8 Å². The first-order chi connectivity index (χ1) is 27.3. The quantitative estimate of drug-likeness (QED) is 0.0308. The Bertz CT molecular complexity index is 1480. The minimum atomic E-state index is -1.17. The van der Waals surface area contributed by atoms with Gasteiger partial charge < -0.3 is 44.4 Å². The van der Waals surface area contributed by atoms with Crippen molar-refractivity contribution in [2.45, 2.75) is 141 Å². The maximum Gasteiger partial charge on any atom is 0.407 e. The molecule has 14 heteroatoms. The van der Waals surface area contributed by atoms with E-state index in [9.17, 15) is 39.6 Å². The van der Waals surface area contributed by atoms with Crippen LogP contribution in [0.5, 0.6) is 0 Å². The van der Waals surface area contributed by atoms with Gasteiger partial charge in [-0.2, -0.15) is 0 Å². The Morgan fingerprint density at radius 3 is 2.43 bits per heavy atom. The molecule has 10 atom stereocenters. The average Bonchev–Trinajstić information content (AvgIpc) is 3.85. The van der Waals surface area contributed by atoms with Gasteiger partial charge in [0.25, 0.3) is 11.8 Å². The van der Waals surface area contributed by atoms with Gasteiger partial charge in [0.2, 0.25) is 0 Å². The number of amides is 3. The summed E-state index contributed by atoms with van der Waals surface area (Å²) in [5.41, 5.74) is -1.31. The topological polar surface area (TPSA) is 190 Å². The van der Waals surface area contributed by atoms with Gasteiger partial charge in [0.05, 0.1) is 42.0 Å². The monoisotopic (exact) mass is 818 g/mol. The lowest BCUT2D eigenvalue weighted by molar-refractivity contribution is -0.151. The summed E-state index contributed by atoms with van der Waals surface area (Å²) in [6, 6.07) is 0. The van der Waals surface area contributed by atoms with Crippen molar-refractivity contribution in [2.75, 3.05) is 46.9 Å². The normalized spacial score (nSPS) is 29.8. The van der Waals surface area contributed by atoms with Crippen LogP contribution in [0.2, 0.25) is 0 Å². The molecule has 1 fully saturated rings. The van der Waals surface area contributed by atoms with Crippen LogP contribution in [0, 0.1) is 17.8 Å². The molecule has 0 radical (unpaired) electrons. The zero-order valence-corrected chi connectivity index (χ0v) is 36.0. The molecule has 3 amide bonds. The van der Waals surface area contributed by atoms with E-state index in [1.165, 1.54) is 22.0 Å². The van der Waals surface area contributed by atoms with Gasteiger partial charge in [0.15, 0.2) is 0 Å². The van der Waals surface area contributed by atoms with Gasteiger partial charge in [-0.15, -0.1) is 0 Å². The molecule has 1 saturated heterocycles. The second-order valence-electron chi connectivity index (χ2n) is 17.1. The van der Waals surface area contributed by atoms with Crippen molar-refractivity contribution in [3.8, 4) is 0 Å². The van der Waals surface area contributed by atoms with E-state index in [1.54, 1.807) is 32.3 Å². The molecule has 3 rings (SSSR count). The standard InChI is InChI=1S/C44H71N3O11/c1-9-35(49)32(4)41-36(57-41)28-43(5,55)21-14-15-30(2)40-31(3)16-17-33(44(6,56-8)22-20-34(48)27-39(52)58-40)29-46(42(53)54)26-25-45(7)23-12-10-11-13-24-47-37(50)18-19-38(47)51/h14-19,21,31-36,40-41,48-49,55H,9-13,20,22-29H2,1-8H3,(H,53,54)/b17-16+,21-14+,30-15+/t31-,32?,33-,34+,35?,36+,40+,41+,43?,44+/m0/s1. The van der Waals surface area contributed by atoms with Gasteiger partial charge in [0.1, 0.15) is 6.10 Å². The number of nitrogens with zero attached hydrogens (tertiary/aromatic N) is 3. The van der Waals surface area contributed by atoms with E-state index in [2.05, 4.69) is 4.90 Å². The highest BCUT2D eigenvalue weighted by atomic mass is 16.6. The zero-order valence-electron chi connectivity index (χ0n) is 36.0. The number of esters is 1. The average molecular weight is 818 g/mol. The van der Waals surface area contributed by atoms with Crippen molar-refractivity contribution in [3.63, 3.8) is 0 Å². The minimum Gasteiger partial charge on any atom is -0.465 e. The third kappa shape index (κ3) is 15.3. The summed E-state index contributed by atoms with van der Waals surface area (Å²) in [5.74, 6) is -1.82. The van der Waals surface area contributed by atoms with Gasteiger partial charge in [0, 0.05) is 69.6 Å². The first kappa shape index (κ1) is 49.0. The third-order valence-corrected chi connectivity index (χ3v) is 12.1. The summed E-state index contributed by atoms with van der Waals surface area (Å²) in [4.78, 5) is 53.9. The second kappa shape index (κ2) is 22.8. The van der Waals surface area contributed by atoms with Crippen molar-refractivity contribution in [3.05, 3.63) is 48.1 Å². The number of likely N-dealkylation sites (N-methyl/N-ethyl adjacent to an activating group) is 1. The van der Waals surface area contributed by atoms with E-state index in [1.807, 2.05) is 53.8 Å². The van der Waals surface area contributed by atoms with Gasteiger partial charge in [-0.1, -0.05) is 64.0 Å². The fraction of sp³-hybridized carbons (Fsp3) is 0.727. The van der Waals surface area contributed by atoms with E-state index >= 15 is 0 Å². The summed E-state index contributed by atoms with van der Waals surface area (Å²) in [6.07, 6.45) is 13.1. The highest BCUT2D eigenvalue weighted by Gasteiger charge is 2.47. The Labute approximate surface area is 345 Å². The summed E-state index contributed by atoms with van der Waals surface area (Å²) in [5, 5.41) is 42.5. The summed E-state index contributed by atoms with van der Waals surface area (Å²) >= 11 is 0. The number of aliphatic hydroxyl groups is 3. The van der Waals surface area contributed by atoms with Crippen LogP contribution in [0.1, 0.15) is 99.3 Å². The Morgan fingerprint density at radius 1 is 1.12 bits per heavy atom. The number of methoxy groups -OCH3 is 1. The molecule has 14 nitrogen and oxygen atoms in total. The molecule has 58 heavy (non-hydrogen) atoms. The summed E-state index contributed by atoms with van der Waals surface area (Å²) in [7, 11) is 3.53. The number of aliphatic hydroxyl groups excluding tert-OH is 2. The number of allylic oxidation sites excluding steroid dienone is 2. The molecule has 0 spiro atoms. The number of unbranched alkanes of at least 4 members (excludes halogenated alkanes) is 3. The molecule has 0 aromatic rings. The Balaban J connectivity index is 1.66. The number of ether oxygens (including phenoxy) is 3. The van der Waals surface area contributed by atoms with Crippen LogP contribution in [0.15, 0.2) is 48.1 Å². The lowest BCUT2D eigenvalue weighted by atomic mass is 9.81. The van der Waals surface area contributed by atoms with Crippen molar-refractivity contribution < 1.29 is 53.8 Å². The number of epoxide rings is 1. The first-order valence-corrected chi connectivity index (χ1v) is 21.0. The maximum atomic E-state index is 13.1. The summed E-state index contributed by atoms with van der Waals surface area (Å²) < 4.78 is 17.8. The predicted molar refractivity (Wildman–Crippen MR) is 221 cm³/mol. The molecule has 0 aromatic heterocycles. The molecule has 3 heterocycles. The van der Waals surface area contributed by atoms with Gasteiger partial charge in [-0.3, -0.25) is 19.3 Å². The predicted octanol–water partition coefficient (Wildman–Crippen LogP) is 4.87. The molecule has 0 saturated carbocycles. The van der Waals surface area contributed by atoms with Crippen LogP contribution >= 0.6 is 0 Å². The van der Waals surface area contributed by atoms with E-state index in [-0.39, 0.29) is 61.8 Å². The van der Waals surface area contributed by atoms with Crippen molar-refractivity contribution in [1.82, 2.24) is 14.7 Å². The molecular weight excluding hydrogens is 746 g/mol. The number of carbonyl (C=O) groups excluding carboxylic acids is 3. The van der Waals surface area contributed by atoms with E-state index in [4.69, 9.17) is 14.2 Å². The van der Waals surface area contributed by atoms with Crippen LogP contribution in [0.25, 0.3) is 0 Å². The smallest absolute Gasteiger partial charge is 0.407 e. The lowest BCUT2D eigenvalue weighted by Gasteiger charge is -2.39. The van der Waals surface area contributed by atoms with Crippen LogP contribution in [-0.2, 0) is 28.6 Å². The lowest BCUT2D eigenvalue weighted by Crippen LogP contribution is -2.47. The number of rotatable bonds is 21. The van der Waals surface area contributed by atoms with Gasteiger partial charge in [-0.25, -0.2) is 4.79 Å². The zero-order chi connectivity index (χ0) is 43.2. The molecule has 4 N–H and O–H groups in total. The molecule has 3 unspecified atom stereocenters. The van der Waals surface area contributed by atoms with Crippen molar-refractivity contribution in [2.24, 2.45) is 17.8 Å². The largest absolute Gasteiger partial charge is 0.465 e. The Morgan fingerprint density at radius 2 is 1.79 bits per heavy atom. The minimum absolute atomic E-state index is 0.0255. The van der Waals surface area contributed by atoms with Crippen LogP contribution < -0.4 is 0 Å². The van der Waals surface area contributed by atoms with Gasteiger partial charge >= 0.3 is 12.1 Å².